The molecular weight excluding hydrogens is 422 g/mol. The molecule has 1 heterocycles. The zero-order valence-corrected chi connectivity index (χ0v) is 18.3. The average molecular weight is 446 g/mol. The zero-order valence-electron chi connectivity index (χ0n) is 17.5. The first-order valence-corrected chi connectivity index (χ1v) is 12.0. The maximum absolute atomic E-state index is 13.2. The van der Waals surface area contributed by atoms with E-state index < -0.39 is 10.0 Å². The minimum Gasteiger partial charge on any atom is -0.311 e. The van der Waals surface area contributed by atoms with Gasteiger partial charge in [0.25, 0.3) is 10.0 Å². The van der Waals surface area contributed by atoms with Gasteiger partial charge in [-0.2, -0.15) is 5.26 Å². The highest BCUT2D eigenvalue weighted by atomic mass is 32.2. The third-order valence-electron chi connectivity index (χ3n) is 5.51. The van der Waals surface area contributed by atoms with Crippen LogP contribution < -0.4 is 9.62 Å². The summed E-state index contributed by atoms with van der Waals surface area (Å²) in [7, 11) is -3.87. The maximum atomic E-state index is 13.2. The summed E-state index contributed by atoms with van der Waals surface area (Å²) in [5, 5.41) is 8.93. The van der Waals surface area contributed by atoms with Gasteiger partial charge in [-0.1, -0.05) is 42.5 Å². The fourth-order valence-corrected chi connectivity index (χ4v) is 5.24. The SMILES string of the molecule is N#Cc1ccc(CCC(=O)N2CCCc3cccc(S(=O)(=O)Nc4ccccc4)c32)cc1. The van der Waals surface area contributed by atoms with Gasteiger partial charge in [-0.25, -0.2) is 8.42 Å². The van der Waals surface area contributed by atoms with Crippen molar-refractivity contribution in [1.29, 1.82) is 5.26 Å². The number of rotatable bonds is 6. The number of benzene rings is 3. The summed E-state index contributed by atoms with van der Waals surface area (Å²) < 4.78 is 29.0. The predicted octanol–water partition coefficient (Wildman–Crippen LogP) is 4.27. The molecule has 0 fully saturated rings. The van der Waals surface area contributed by atoms with Gasteiger partial charge in [0, 0.05) is 18.7 Å². The van der Waals surface area contributed by atoms with E-state index in [0.717, 1.165) is 24.0 Å². The molecule has 0 bridgehead atoms. The van der Waals surface area contributed by atoms with Crippen molar-refractivity contribution in [2.75, 3.05) is 16.2 Å². The van der Waals surface area contributed by atoms with Crippen LogP contribution in [-0.2, 0) is 27.7 Å². The minimum atomic E-state index is -3.87. The van der Waals surface area contributed by atoms with Gasteiger partial charge in [0.05, 0.1) is 17.3 Å². The van der Waals surface area contributed by atoms with E-state index in [1.807, 2.05) is 24.3 Å². The van der Waals surface area contributed by atoms with E-state index in [-0.39, 0.29) is 17.2 Å². The Morgan fingerprint density at radius 3 is 2.47 bits per heavy atom. The number of hydrogen-bond acceptors (Lipinski definition) is 4. The number of hydrogen-bond donors (Lipinski definition) is 1. The summed E-state index contributed by atoms with van der Waals surface area (Å²) in [5.41, 5.74) is 3.34. The number of nitrogens with one attached hydrogen (secondary N) is 1. The monoisotopic (exact) mass is 445 g/mol. The number of amides is 1. The van der Waals surface area contributed by atoms with Gasteiger partial charge in [0.15, 0.2) is 0 Å². The lowest BCUT2D eigenvalue weighted by Crippen LogP contribution is -2.37. The summed E-state index contributed by atoms with van der Waals surface area (Å²) in [6.45, 7) is 0.483. The van der Waals surface area contributed by atoms with Crippen LogP contribution in [0.25, 0.3) is 0 Å². The maximum Gasteiger partial charge on any atom is 0.263 e. The van der Waals surface area contributed by atoms with Crippen molar-refractivity contribution < 1.29 is 13.2 Å². The summed E-state index contributed by atoms with van der Waals surface area (Å²) in [6, 6.07) is 23.1. The molecule has 6 nitrogen and oxygen atoms in total. The molecule has 0 saturated carbocycles. The lowest BCUT2D eigenvalue weighted by molar-refractivity contribution is -0.118. The van der Waals surface area contributed by atoms with E-state index >= 15 is 0 Å². The van der Waals surface area contributed by atoms with Gasteiger partial charge in [-0.15, -0.1) is 0 Å². The number of sulfonamides is 1. The Morgan fingerprint density at radius 1 is 1.00 bits per heavy atom. The molecule has 7 heteroatoms. The van der Waals surface area contributed by atoms with Crippen molar-refractivity contribution in [2.45, 2.75) is 30.6 Å². The van der Waals surface area contributed by atoms with Crippen LogP contribution in [0, 0.1) is 11.3 Å². The van der Waals surface area contributed by atoms with Gasteiger partial charge in [0.2, 0.25) is 5.91 Å². The van der Waals surface area contributed by atoms with Crippen molar-refractivity contribution in [2.24, 2.45) is 0 Å². The van der Waals surface area contributed by atoms with Crippen molar-refractivity contribution in [3.8, 4) is 6.07 Å². The van der Waals surface area contributed by atoms with Crippen LogP contribution in [0.5, 0.6) is 0 Å². The number of nitriles is 1. The van der Waals surface area contributed by atoms with E-state index in [1.54, 1.807) is 53.4 Å². The van der Waals surface area contributed by atoms with E-state index in [0.29, 0.717) is 29.9 Å². The highest BCUT2D eigenvalue weighted by Gasteiger charge is 2.30. The topological polar surface area (TPSA) is 90.3 Å². The van der Waals surface area contributed by atoms with Crippen LogP contribution in [0.4, 0.5) is 11.4 Å². The second kappa shape index (κ2) is 9.25. The molecule has 1 N–H and O–H groups in total. The second-order valence-electron chi connectivity index (χ2n) is 7.69. The molecule has 1 aliphatic heterocycles. The van der Waals surface area contributed by atoms with Gasteiger partial charge in [0.1, 0.15) is 4.90 Å². The Balaban J connectivity index is 1.59. The van der Waals surface area contributed by atoms with Crippen molar-refractivity contribution >= 4 is 27.3 Å². The zero-order chi connectivity index (χ0) is 22.6. The molecule has 4 rings (SSSR count). The summed E-state index contributed by atoms with van der Waals surface area (Å²) in [6.07, 6.45) is 2.29. The number of anilines is 2. The van der Waals surface area contributed by atoms with E-state index in [1.165, 1.54) is 0 Å². The van der Waals surface area contributed by atoms with E-state index in [4.69, 9.17) is 5.26 Å². The Labute approximate surface area is 188 Å². The fraction of sp³-hybridized carbons (Fsp3) is 0.200. The first-order chi connectivity index (χ1) is 15.5. The average Bonchev–Trinajstić information content (AvgIpc) is 2.82. The first kappa shape index (κ1) is 21.6. The predicted molar refractivity (Wildman–Crippen MR) is 124 cm³/mol. The van der Waals surface area contributed by atoms with Crippen LogP contribution in [0.2, 0.25) is 0 Å². The van der Waals surface area contributed by atoms with Crippen LogP contribution >= 0.6 is 0 Å². The molecule has 0 radical (unpaired) electrons. The number of para-hydroxylation sites is 2. The normalized spacial score (nSPS) is 13.2. The molecule has 0 unspecified atom stereocenters. The Morgan fingerprint density at radius 2 is 1.75 bits per heavy atom. The molecular formula is C25H23N3O3S. The quantitative estimate of drug-likeness (QED) is 0.613. The number of nitrogens with zero attached hydrogens (tertiary/aromatic N) is 2. The second-order valence-corrected chi connectivity index (χ2v) is 9.34. The third kappa shape index (κ3) is 4.66. The molecule has 1 amide bonds. The Kier molecular flexibility index (Phi) is 6.24. The molecule has 0 aliphatic carbocycles. The lowest BCUT2D eigenvalue weighted by Gasteiger charge is -2.31. The van der Waals surface area contributed by atoms with Crippen molar-refractivity contribution in [1.82, 2.24) is 0 Å². The number of carbonyl (C=O) groups is 1. The number of carbonyl (C=O) groups excluding carboxylic acids is 1. The van der Waals surface area contributed by atoms with Gasteiger partial charge in [-0.3, -0.25) is 9.52 Å². The molecule has 32 heavy (non-hydrogen) atoms. The number of aryl methyl sites for hydroxylation is 2. The Hall–Kier alpha value is -3.63. The van der Waals surface area contributed by atoms with E-state index in [2.05, 4.69) is 10.8 Å². The molecule has 0 spiro atoms. The Bertz CT molecular complexity index is 1260. The molecule has 162 valence electrons. The minimum absolute atomic E-state index is 0.113. The molecule has 3 aromatic carbocycles. The van der Waals surface area contributed by atoms with Gasteiger partial charge >= 0.3 is 0 Å². The summed E-state index contributed by atoms with van der Waals surface area (Å²) in [5.74, 6) is -0.113. The largest absolute Gasteiger partial charge is 0.311 e. The molecule has 1 aliphatic rings. The van der Waals surface area contributed by atoms with Crippen LogP contribution in [0.3, 0.4) is 0 Å². The highest BCUT2D eigenvalue weighted by molar-refractivity contribution is 7.92. The van der Waals surface area contributed by atoms with Gasteiger partial charge < -0.3 is 4.90 Å². The summed E-state index contributed by atoms with van der Waals surface area (Å²) >= 11 is 0. The smallest absolute Gasteiger partial charge is 0.263 e. The van der Waals surface area contributed by atoms with E-state index in [9.17, 15) is 13.2 Å². The van der Waals surface area contributed by atoms with Crippen molar-refractivity contribution in [3.63, 3.8) is 0 Å². The highest BCUT2D eigenvalue weighted by Crippen LogP contribution is 2.35. The molecule has 0 atom stereocenters. The molecule has 0 aromatic heterocycles. The van der Waals surface area contributed by atoms with Crippen molar-refractivity contribution in [3.05, 3.63) is 89.5 Å². The van der Waals surface area contributed by atoms with Crippen LogP contribution in [0.15, 0.2) is 77.7 Å². The van der Waals surface area contributed by atoms with Crippen LogP contribution in [-0.4, -0.2) is 20.9 Å². The number of fused-ring (bicyclic) bond motifs is 1. The first-order valence-electron chi connectivity index (χ1n) is 10.5. The molecule has 0 saturated heterocycles. The standard InChI is InChI=1S/C25H23N3O3S/c26-18-20-13-11-19(12-14-20)15-16-24(29)28-17-5-7-21-6-4-10-23(25(21)28)32(30,31)27-22-8-2-1-3-9-22/h1-4,6,8-14,27H,5,7,15-17H2. The summed E-state index contributed by atoms with van der Waals surface area (Å²) in [4.78, 5) is 14.9. The third-order valence-corrected chi connectivity index (χ3v) is 6.92. The molecule has 3 aromatic rings. The lowest BCUT2D eigenvalue weighted by atomic mass is 10.0. The van der Waals surface area contributed by atoms with Crippen LogP contribution in [0.1, 0.15) is 29.5 Å². The fourth-order valence-electron chi connectivity index (χ4n) is 3.93. The van der Waals surface area contributed by atoms with Gasteiger partial charge in [-0.05, 0) is 60.7 Å².